The lowest BCUT2D eigenvalue weighted by Gasteiger charge is -2.19. The summed E-state index contributed by atoms with van der Waals surface area (Å²) in [6, 6.07) is 7.06. The van der Waals surface area contributed by atoms with Crippen molar-refractivity contribution in [2.24, 2.45) is 0 Å². The Hall–Kier alpha value is -2.54. The Morgan fingerprint density at radius 1 is 1.04 bits per heavy atom. The van der Waals surface area contributed by atoms with Gasteiger partial charge in [-0.3, -0.25) is 9.59 Å². The molecule has 0 aliphatic carbocycles. The molecular weight excluding hydrogens is 358 g/mol. The molecule has 0 atom stereocenters. The van der Waals surface area contributed by atoms with Gasteiger partial charge in [-0.05, 0) is 44.5 Å². The highest BCUT2D eigenvalue weighted by atomic mass is 35.5. The van der Waals surface area contributed by atoms with E-state index >= 15 is 0 Å². The quantitative estimate of drug-likeness (QED) is 0.497. The van der Waals surface area contributed by atoms with Crippen LogP contribution in [0.25, 0.3) is 6.08 Å². The van der Waals surface area contributed by atoms with Crippen molar-refractivity contribution in [2.75, 3.05) is 19.6 Å². The zero-order chi connectivity index (χ0) is 19.6. The predicted molar refractivity (Wildman–Crippen MR) is 101 cm³/mol. The normalized spacial score (nSPS) is 11.1. The van der Waals surface area contributed by atoms with Gasteiger partial charge in [-0.1, -0.05) is 23.7 Å². The third-order valence-electron chi connectivity index (χ3n) is 2.84. The van der Waals surface area contributed by atoms with E-state index in [-0.39, 0.29) is 31.4 Å². The Bertz CT molecular complexity index is 651. The number of hydrogen-bond acceptors (Lipinski definition) is 4. The number of nitrogens with one attached hydrogen (secondary N) is 3. The largest absolute Gasteiger partial charge is 0.444 e. The van der Waals surface area contributed by atoms with Gasteiger partial charge in [0.1, 0.15) is 5.60 Å². The number of amides is 3. The van der Waals surface area contributed by atoms with Crippen molar-refractivity contribution in [1.29, 1.82) is 0 Å². The molecule has 0 saturated carbocycles. The fourth-order valence-electron chi connectivity index (χ4n) is 1.72. The van der Waals surface area contributed by atoms with Crippen molar-refractivity contribution in [3.05, 3.63) is 40.9 Å². The maximum Gasteiger partial charge on any atom is 0.408 e. The predicted octanol–water partition coefficient (Wildman–Crippen LogP) is 2.11. The van der Waals surface area contributed by atoms with E-state index in [9.17, 15) is 14.4 Å². The third kappa shape index (κ3) is 10.4. The molecule has 0 heterocycles. The van der Waals surface area contributed by atoms with E-state index in [0.29, 0.717) is 5.02 Å². The lowest BCUT2D eigenvalue weighted by Crippen LogP contribution is -2.41. The first-order valence-electron chi connectivity index (χ1n) is 8.11. The van der Waals surface area contributed by atoms with Crippen LogP contribution in [0.3, 0.4) is 0 Å². The van der Waals surface area contributed by atoms with Gasteiger partial charge in [0.2, 0.25) is 11.8 Å². The van der Waals surface area contributed by atoms with Crippen molar-refractivity contribution in [3.63, 3.8) is 0 Å². The topological polar surface area (TPSA) is 96.5 Å². The number of rotatable bonds is 7. The molecule has 0 bridgehead atoms. The summed E-state index contributed by atoms with van der Waals surface area (Å²) in [6.45, 7) is 5.51. The zero-order valence-corrected chi connectivity index (χ0v) is 15.9. The van der Waals surface area contributed by atoms with Gasteiger partial charge in [-0.2, -0.15) is 0 Å². The second kappa shape index (κ2) is 10.5. The van der Waals surface area contributed by atoms with Crippen LogP contribution in [-0.4, -0.2) is 43.1 Å². The van der Waals surface area contributed by atoms with Crippen LogP contribution < -0.4 is 16.0 Å². The Kier molecular flexibility index (Phi) is 8.64. The van der Waals surface area contributed by atoms with Crippen molar-refractivity contribution in [1.82, 2.24) is 16.0 Å². The van der Waals surface area contributed by atoms with E-state index < -0.39 is 11.7 Å². The van der Waals surface area contributed by atoms with Crippen LogP contribution >= 0.6 is 11.6 Å². The summed E-state index contributed by atoms with van der Waals surface area (Å²) in [6.07, 6.45) is 2.40. The smallest absolute Gasteiger partial charge is 0.408 e. The highest BCUT2D eigenvalue weighted by Gasteiger charge is 2.16. The first kappa shape index (κ1) is 21.5. The monoisotopic (exact) mass is 381 g/mol. The molecule has 0 spiro atoms. The molecule has 0 saturated heterocycles. The van der Waals surface area contributed by atoms with E-state index in [2.05, 4.69) is 16.0 Å². The van der Waals surface area contributed by atoms with E-state index in [1.165, 1.54) is 6.08 Å². The fourth-order valence-corrected chi connectivity index (χ4v) is 1.85. The minimum absolute atomic E-state index is 0.195. The molecule has 7 nitrogen and oxygen atoms in total. The number of halogens is 1. The zero-order valence-electron chi connectivity index (χ0n) is 15.1. The summed E-state index contributed by atoms with van der Waals surface area (Å²) in [7, 11) is 0. The van der Waals surface area contributed by atoms with Crippen LogP contribution in [0.5, 0.6) is 0 Å². The van der Waals surface area contributed by atoms with Crippen molar-refractivity contribution >= 4 is 35.6 Å². The number of alkyl carbamates (subject to hydrolysis) is 1. The Labute approximate surface area is 158 Å². The van der Waals surface area contributed by atoms with Crippen LogP contribution in [0.4, 0.5) is 4.79 Å². The molecule has 26 heavy (non-hydrogen) atoms. The molecule has 3 N–H and O–H groups in total. The van der Waals surface area contributed by atoms with Crippen molar-refractivity contribution in [2.45, 2.75) is 26.4 Å². The number of carbonyl (C=O) groups excluding carboxylic acids is 3. The van der Waals surface area contributed by atoms with Crippen LogP contribution in [0, 0.1) is 0 Å². The van der Waals surface area contributed by atoms with E-state index in [1.54, 1.807) is 51.1 Å². The minimum atomic E-state index is -0.659. The third-order valence-corrected chi connectivity index (χ3v) is 3.09. The number of carbonyl (C=O) groups is 3. The Morgan fingerprint density at radius 3 is 2.27 bits per heavy atom. The maximum atomic E-state index is 11.7. The van der Waals surface area contributed by atoms with Gasteiger partial charge in [0.15, 0.2) is 0 Å². The molecule has 142 valence electrons. The van der Waals surface area contributed by atoms with Gasteiger partial charge in [-0.25, -0.2) is 4.79 Å². The van der Waals surface area contributed by atoms with Crippen LogP contribution in [0.2, 0.25) is 5.02 Å². The Morgan fingerprint density at radius 2 is 1.65 bits per heavy atom. The van der Waals surface area contributed by atoms with E-state index in [1.807, 2.05) is 0 Å². The minimum Gasteiger partial charge on any atom is -0.444 e. The van der Waals surface area contributed by atoms with E-state index in [0.717, 1.165) is 5.56 Å². The standard InChI is InChI=1S/C18H24ClN3O4/c1-18(2,3)26-17(25)22-12-16(24)21-11-10-20-15(23)9-6-13-4-7-14(19)8-5-13/h4-9H,10-12H2,1-3H3,(H,20,23)(H,21,24)(H,22,25)/b9-6+. The van der Waals surface area contributed by atoms with E-state index in [4.69, 9.17) is 16.3 Å². The lowest BCUT2D eigenvalue weighted by molar-refractivity contribution is -0.120. The summed E-state index contributed by atoms with van der Waals surface area (Å²) < 4.78 is 5.01. The summed E-state index contributed by atoms with van der Waals surface area (Å²) in [5, 5.41) is 8.19. The summed E-state index contributed by atoms with van der Waals surface area (Å²) in [5.74, 6) is -0.650. The molecule has 0 aliphatic rings. The molecule has 0 unspecified atom stereocenters. The van der Waals surface area contributed by atoms with Crippen molar-refractivity contribution < 1.29 is 19.1 Å². The number of benzene rings is 1. The number of hydrogen-bond donors (Lipinski definition) is 3. The van der Waals surface area contributed by atoms with Gasteiger partial charge in [0.25, 0.3) is 0 Å². The van der Waals surface area contributed by atoms with Gasteiger partial charge in [0, 0.05) is 24.2 Å². The fraction of sp³-hybridized carbons (Fsp3) is 0.389. The van der Waals surface area contributed by atoms with Crippen LogP contribution in [-0.2, 0) is 14.3 Å². The second-order valence-corrected chi connectivity index (χ2v) is 6.82. The highest BCUT2D eigenvalue weighted by molar-refractivity contribution is 6.30. The van der Waals surface area contributed by atoms with Gasteiger partial charge >= 0.3 is 6.09 Å². The molecule has 1 aromatic carbocycles. The molecule has 0 aliphatic heterocycles. The molecule has 0 radical (unpaired) electrons. The highest BCUT2D eigenvalue weighted by Crippen LogP contribution is 2.10. The molecule has 0 fully saturated rings. The first-order chi connectivity index (χ1) is 12.2. The average molecular weight is 382 g/mol. The van der Waals surface area contributed by atoms with Crippen LogP contribution in [0.15, 0.2) is 30.3 Å². The molecule has 1 rings (SSSR count). The van der Waals surface area contributed by atoms with Crippen molar-refractivity contribution in [3.8, 4) is 0 Å². The molecule has 0 aromatic heterocycles. The first-order valence-corrected chi connectivity index (χ1v) is 8.48. The van der Waals surface area contributed by atoms with Crippen LogP contribution in [0.1, 0.15) is 26.3 Å². The summed E-state index contributed by atoms with van der Waals surface area (Å²) in [5.41, 5.74) is 0.232. The SMILES string of the molecule is CC(C)(C)OC(=O)NCC(=O)NCCNC(=O)/C=C/c1ccc(Cl)cc1. The van der Waals surface area contributed by atoms with Gasteiger partial charge < -0.3 is 20.7 Å². The second-order valence-electron chi connectivity index (χ2n) is 6.38. The Balaban J connectivity index is 2.17. The number of ether oxygens (including phenoxy) is 1. The molecule has 3 amide bonds. The average Bonchev–Trinajstić information content (AvgIpc) is 2.55. The molecule has 8 heteroatoms. The van der Waals surface area contributed by atoms with Gasteiger partial charge in [-0.15, -0.1) is 0 Å². The maximum absolute atomic E-state index is 11.7. The lowest BCUT2D eigenvalue weighted by atomic mass is 10.2. The summed E-state index contributed by atoms with van der Waals surface area (Å²) >= 11 is 5.78. The molecular formula is C18H24ClN3O4. The summed E-state index contributed by atoms with van der Waals surface area (Å²) in [4.78, 5) is 34.6. The van der Waals surface area contributed by atoms with Gasteiger partial charge in [0.05, 0.1) is 6.54 Å². The molecule has 1 aromatic rings.